The van der Waals surface area contributed by atoms with Crippen LogP contribution in [0.3, 0.4) is 0 Å². The number of carbonyl (C=O) groups is 1. The van der Waals surface area contributed by atoms with Gasteiger partial charge in [0.05, 0.1) is 10.7 Å². The summed E-state index contributed by atoms with van der Waals surface area (Å²) in [6, 6.07) is 9.57. The van der Waals surface area contributed by atoms with Crippen molar-refractivity contribution in [1.82, 2.24) is 0 Å². The lowest BCUT2D eigenvalue weighted by Gasteiger charge is -2.18. The van der Waals surface area contributed by atoms with Crippen molar-refractivity contribution >= 4 is 23.2 Å². The highest BCUT2D eigenvalue weighted by Crippen LogP contribution is 2.25. The third-order valence-corrected chi connectivity index (χ3v) is 2.96. The smallest absolute Gasteiger partial charge is 0.258 e. The molecule has 2 aromatic carbocycles. The summed E-state index contributed by atoms with van der Waals surface area (Å²) in [5.74, 6) is -1.72. The Labute approximate surface area is 114 Å². The van der Waals surface area contributed by atoms with E-state index in [9.17, 15) is 13.6 Å². The van der Waals surface area contributed by atoms with Gasteiger partial charge in [-0.3, -0.25) is 4.79 Å². The lowest BCUT2D eigenvalue weighted by molar-refractivity contribution is 0.0992. The summed E-state index contributed by atoms with van der Waals surface area (Å²) >= 11 is 5.66. The average Bonchev–Trinajstić information content (AvgIpc) is 2.40. The molecule has 0 aromatic heterocycles. The maximum absolute atomic E-state index is 13.8. The number of anilines is 1. The summed E-state index contributed by atoms with van der Waals surface area (Å²) in [6.45, 7) is 0. The Balaban J connectivity index is 2.36. The van der Waals surface area contributed by atoms with Crippen molar-refractivity contribution in [3.63, 3.8) is 0 Å². The zero-order valence-electron chi connectivity index (χ0n) is 10.0. The van der Waals surface area contributed by atoms with Crippen LogP contribution in [0.2, 0.25) is 5.02 Å². The second kappa shape index (κ2) is 5.36. The molecular formula is C14H10ClF2NO. The van der Waals surface area contributed by atoms with Crippen LogP contribution in [0.5, 0.6) is 0 Å². The van der Waals surface area contributed by atoms with Crippen molar-refractivity contribution in [3.8, 4) is 0 Å². The summed E-state index contributed by atoms with van der Waals surface area (Å²) in [5.41, 5.74) is 0.184. The van der Waals surface area contributed by atoms with Crippen LogP contribution in [-0.4, -0.2) is 13.0 Å². The molecule has 0 heterocycles. The van der Waals surface area contributed by atoms with Crippen LogP contribution in [0.1, 0.15) is 10.4 Å². The summed E-state index contributed by atoms with van der Waals surface area (Å²) in [7, 11) is 1.40. The van der Waals surface area contributed by atoms with E-state index < -0.39 is 17.5 Å². The number of hydrogen-bond acceptors (Lipinski definition) is 1. The topological polar surface area (TPSA) is 20.3 Å². The second-order valence-electron chi connectivity index (χ2n) is 3.95. The van der Waals surface area contributed by atoms with Crippen LogP contribution in [0.25, 0.3) is 0 Å². The van der Waals surface area contributed by atoms with Gasteiger partial charge >= 0.3 is 0 Å². The van der Waals surface area contributed by atoms with Gasteiger partial charge in [0, 0.05) is 12.6 Å². The molecule has 0 aliphatic carbocycles. The minimum Gasteiger partial charge on any atom is -0.309 e. The maximum Gasteiger partial charge on any atom is 0.258 e. The molecule has 0 saturated carbocycles. The molecule has 2 rings (SSSR count). The average molecular weight is 282 g/mol. The summed E-state index contributed by atoms with van der Waals surface area (Å²) in [5, 5.41) is -0.0728. The molecule has 0 unspecified atom stereocenters. The highest BCUT2D eigenvalue weighted by Gasteiger charge is 2.18. The minimum atomic E-state index is -0.684. The molecule has 19 heavy (non-hydrogen) atoms. The van der Waals surface area contributed by atoms with Crippen LogP contribution in [-0.2, 0) is 0 Å². The van der Waals surface area contributed by atoms with Gasteiger partial charge in [-0.05, 0) is 30.3 Å². The van der Waals surface area contributed by atoms with Gasteiger partial charge in [0.15, 0.2) is 5.82 Å². The highest BCUT2D eigenvalue weighted by molar-refractivity contribution is 6.31. The molecule has 0 N–H and O–H groups in total. The van der Waals surface area contributed by atoms with Crippen molar-refractivity contribution in [3.05, 3.63) is 64.7 Å². The summed E-state index contributed by atoms with van der Waals surface area (Å²) < 4.78 is 26.9. The zero-order valence-corrected chi connectivity index (χ0v) is 10.8. The van der Waals surface area contributed by atoms with Crippen molar-refractivity contribution in [2.75, 3.05) is 11.9 Å². The number of halogens is 3. The SMILES string of the molecule is CN(C(=O)c1cccc(F)c1)c1cccc(Cl)c1F. The second-order valence-corrected chi connectivity index (χ2v) is 4.35. The predicted octanol–water partition coefficient (Wildman–Crippen LogP) is 3.89. The van der Waals surface area contributed by atoms with Crippen molar-refractivity contribution < 1.29 is 13.6 Å². The standard InChI is InChI=1S/C14H10ClF2NO/c1-18(12-7-3-6-11(15)13(12)17)14(19)9-4-2-5-10(16)8-9/h2-8H,1H3. The molecule has 2 aromatic rings. The van der Waals surface area contributed by atoms with E-state index in [-0.39, 0.29) is 16.3 Å². The van der Waals surface area contributed by atoms with Gasteiger partial charge in [-0.25, -0.2) is 8.78 Å². The molecular weight excluding hydrogens is 272 g/mol. The minimum absolute atomic E-state index is 0.0433. The van der Waals surface area contributed by atoms with E-state index in [1.54, 1.807) is 0 Å². The summed E-state index contributed by atoms with van der Waals surface area (Å²) in [4.78, 5) is 13.2. The fourth-order valence-corrected chi connectivity index (χ4v) is 1.85. The van der Waals surface area contributed by atoms with Crippen molar-refractivity contribution in [2.24, 2.45) is 0 Å². The Morgan fingerprint density at radius 3 is 2.53 bits per heavy atom. The van der Waals surface area contributed by atoms with Crippen LogP contribution in [0.15, 0.2) is 42.5 Å². The fourth-order valence-electron chi connectivity index (χ4n) is 1.68. The molecule has 0 saturated heterocycles. The number of amides is 1. The summed E-state index contributed by atoms with van der Waals surface area (Å²) in [6.07, 6.45) is 0. The third-order valence-electron chi connectivity index (χ3n) is 2.67. The van der Waals surface area contributed by atoms with Gasteiger partial charge in [-0.15, -0.1) is 0 Å². The number of nitrogens with zero attached hydrogens (tertiary/aromatic N) is 1. The van der Waals surface area contributed by atoms with E-state index in [0.29, 0.717) is 0 Å². The third kappa shape index (κ3) is 2.74. The van der Waals surface area contributed by atoms with Gasteiger partial charge in [-0.1, -0.05) is 23.7 Å². The molecule has 0 aliphatic rings. The molecule has 98 valence electrons. The quantitative estimate of drug-likeness (QED) is 0.818. The van der Waals surface area contributed by atoms with Crippen molar-refractivity contribution in [2.45, 2.75) is 0 Å². The number of hydrogen-bond donors (Lipinski definition) is 0. The number of benzene rings is 2. The van der Waals surface area contributed by atoms with E-state index in [1.807, 2.05) is 0 Å². The van der Waals surface area contributed by atoms with Gasteiger partial charge in [0.2, 0.25) is 0 Å². The Kier molecular flexibility index (Phi) is 3.81. The first-order valence-corrected chi connectivity index (χ1v) is 5.86. The van der Waals surface area contributed by atoms with Crippen LogP contribution >= 0.6 is 11.6 Å². The highest BCUT2D eigenvalue weighted by atomic mass is 35.5. The van der Waals surface area contributed by atoms with Crippen LogP contribution in [0, 0.1) is 11.6 Å². The fraction of sp³-hybridized carbons (Fsp3) is 0.0714. The Morgan fingerprint density at radius 1 is 1.16 bits per heavy atom. The largest absolute Gasteiger partial charge is 0.309 e. The Morgan fingerprint density at radius 2 is 1.84 bits per heavy atom. The predicted molar refractivity (Wildman–Crippen MR) is 70.5 cm³/mol. The van der Waals surface area contributed by atoms with E-state index >= 15 is 0 Å². The molecule has 0 bridgehead atoms. The molecule has 0 radical (unpaired) electrons. The Hall–Kier alpha value is -1.94. The van der Waals surface area contributed by atoms with E-state index in [2.05, 4.69) is 0 Å². The monoisotopic (exact) mass is 281 g/mol. The van der Waals surface area contributed by atoms with Gasteiger partial charge in [-0.2, -0.15) is 0 Å². The lowest BCUT2D eigenvalue weighted by atomic mass is 10.2. The first kappa shape index (κ1) is 13.5. The molecule has 2 nitrogen and oxygen atoms in total. The zero-order chi connectivity index (χ0) is 14.0. The van der Waals surface area contributed by atoms with Crippen LogP contribution < -0.4 is 4.90 Å². The van der Waals surface area contributed by atoms with E-state index in [4.69, 9.17) is 11.6 Å². The first-order valence-electron chi connectivity index (χ1n) is 5.48. The molecule has 5 heteroatoms. The number of carbonyl (C=O) groups excluding carboxylic acids is 1. The molecule has 1 amide bonds. The molecule has 0 atom stereocenters. The van der Waals surface area contributed by atoms with E-state index in [1.165, 1.54) is 43.4 Å². The van der Waals surface area contributed by atoms with E-state index in [0.717, 1.165) is 11.0 Å². The normalized spacial score (nSPS) is 10.3. The van der Waals surface area contributed by atoms with Gasteiger partial charge in [0.1, 0.15) is 5.82 Å². The molecule has 0 spiro atoms. The van der Waals surface area contributed by atoms with Gasteiger partial charge in [0.25, 0.3) is 5.91 Å². The van der Waals surface area contributed by atoms with Gasteiger partial charge < -0.3 is 4.90 Å². The number of rotatable bonds is 2. The lowest BCUT2D eigenvalue weighted by Crippen LogP contribution is -2.27. The Bertz CT molecular complexity index is 631. The molecule has 0 aliphatic heterocycles. The maximum atomic E-state index is 13.8. The first-order chi connectivity index (χ1) is 9.00. The molecule has 0 fully saturated rings. The van der Waals surface area contributed by atoms with Crippen LogP contribution in [0.4, 0.5) is 14.5 Å². The van der Waals surface area contributed by atoms with Crippen molar-refractivity contribution in [1.29, 1.82) is 0 Å².